The van der Waals surface area contributed by atoms with Gasteiger partial charge in [-0.25, -0.2) is 0 Å². The van der Waals surface area contributed by atoms with Gasteiger partial charge < -0.3 is 60.2 Å². The monoisotopic (exact) mass is 588 g/mol. The van der Waals surface area contributed by atoms with Crippen LogP contribution < -0.4 is 0 Å². The molecule has 2 saturated heterocycles. The number of hydrogen-bond donors (Lipinski definition) is 9. The summed E-state index contributed by atoms with van der Waals surface area (Å²) in [6, 6.07) is 0. The lowest BCUT2D eigenvalue weighted by atomic mass is 9.40. The third-order valence-electron chi connectivity index (χ3n) is 12.7. The molecule has 0 spiro atoms. The van der Waals surface area contributed by atoms with Crippen LogP contribution in [0.15, 0.2) is 0 Å². The molecule has 2 heterocycles. The van der Waals surface area contributed by atoms with E-state index in [0.29, 0.717) is 32.3 Å². The lowest BCUT2D eigenvalue weighted by Crippen LogP contribution is -2.76. The van der Waals surface area contributed by atoms with Gasteiger partial charge in [-0.05, 0) is 56.8 Å². The molecule has 6 fully saturated rings. The number of aliphatic hydroxyl groups is 9. The van der Waals surface area contributed by atoms with Gasteiger partial charge in [0.2, 0.25) is 0 Å². The Morgan fingerprint density at radius 1 is 0.878 bits per heavy atom. The molecule has 12 heteroatoms. The molecule has 0 amide bonds. The van der Waals surface area contributed by atoms with Crippen molar-refractivity contribution in [1.82, 2.24) is 0 Å². The van der Waals surface area contributed by atoms with Gasteiger partial charge >= 0.3 is 0 Å². The Balaban J connectivity index is 1.27. The highest BCUT2D eigenvalue weighted by atomic mass is 16.7. The van der Waals surface area contributed by atoms with Gasteiger partial charge in [0, 0.05) is 30.6 Å². The zero-order chi connectivity index (χ0) is 29.7. The van der Waals surface area contributed by atoms with Crippen LogP contribution in [0, 0.1) is 34.5 Å². The number of hydrogen-bond acceptors (Lipinski definition) is 12. The zero-order valence-electron chi connectivity index (χ0n) is 23.8. The summed E-state index contributed by atoms with van der Waals surface area (Å²) in [6.07, 6.45) is -8.02. The van der Waals surface area contributed by atoms with Crippen LogP contribution in [0.2, 0.25) is 0 Å². The third-order valence-corrected chi connectivity index (χ3v) is 12.7. The van der Waals surface area contributed by atoms with E-state index in [9.17, 15) is 46.0 Å². The molecule has 12 nitrogen and oxygen atoms in total. The fourth-order valence-electron chi connectivity index (χ4n) is 10.6. The molecule has 0 aromatic heterocycles. The molecule has 0 radical (unpaired) electrons. The highest BCUT2D eigenvalue weighted by Gasteiger charge is 2.75. The molecule has 0 bridgehead atoms. The van der Waals surface area contributed by atoms with Gasteiger partial charge in [-0.2, -0.15) is 0 Å². The van der Waals surface area contributed by atoms with Crippen LogP contribution in [-0.2, 0) is 14.2 Å². The molecule has 9 N–H and O–H groups in total. The minimum absolute atomic E-state index is 0.0181. The van der Waals surface area contributed by atoms with Crippen LogP contribution in [0.25, 0.3) is 0 Å². The molecule has 4 saturated carbocycles. The van der Waals surface area contributed by atoms with Gasteiger partial charge in [-0.3, -0.25) is 0 Å². The first kappa shape index (κ1) is 30.5. The Labute approximate surface area is 239 Å². The highest BCUT2D eigenvalue weighted by Crippen LogP contribution is 2.71. The number of ether oxygens (including phenoxy) is 3. The third kappa shape index (κ3) is 4.17. The smallest absolute Gasteiger partial charge is 0.186 e. The average Bonchev–Trinajstić information content (AvgIpc) is 3.45. The fraction of sp³-hybridized carbons (Fsp3) is 1.00. The lowest BCUT2D eigenvalue weighted by Gasteiger charge is -2.68. The Bertz CT molecular complexity index is 985. The predicted octanol–water partition coefficient (Wildman–Crippen LogP) is -1.64. The second kappa shape index (κ2) is 10.3. The van der Waals surface area contributed by atoms with Crippen molar-refractivity contribution in [2.24, 2.45) is 34.5 Å². The van der Waals surface area contributed by atoms with Crippen molar-refractivity contribution < 1.29 is 60.2 Å². The molecule has 6 rings (SSSR count). The second-order valence-electron chi connectivity index (χ2n) is 14.3. The van der Waals surface area contributed by atoms with Crippen molar-refractivity contribution in [3.8, 4) is 0 Å². The maximum atomic E-state index is 12.4. The van der Waals surface area contributed by atoms with E-state index >= 15 is 0 Å². The summed E-state index contributed by atoms with van der Waals surface area (Å²) in [5.41, 5.74) is -5.04. The standard InChI is InChI=1S/C29H48O12/c1-13-22(34)23(35)24(36)25(40-13)41-15-8-19(32)28(12-30)21-17(3-5-27(28,37)9-15)29(38)6-4-16(14-7-20(33)39-11-14)26(29,2)10-18(21)31/h13-25,30-38H,3-12H2,1-2H3/t13-,14-,15-,16-,17-,18+,19+,20+,21-,22+,23-,24+,25-,26-,27+,28-,29-/m1/s1. The zero-order valence-corrected chi connectivity index (χ0v) is 23.8. The first-order valence-electron chi connectivity index (χ1n) is 15.3. The fourth-order valence-corrected chi connectivity index (χ4v) is 10.6. The van der Waals surface area contributed by atoms with Gasteiger partial charge in [-0.15, -0.1) is 0 Å². The lowest BCUT2D eigenvalue weighted by molar-refractivity contribution is -0.342. The molecule has 0 aromatic carbocycles. The maximum absolute atomic E-state index is 12.4. The van der Waals surface area contributed by atoms with Crippen LogP contribution in [0.4, 0.5) is 0 Å². The second-order valence-corrected chi connectivity index (χ2v) is 14.3. The average molecular weight is 589 g/mol. The molecule has 4 aliphatic carbocycles. The van der Waals surface area contributed by atoms with Crippen LogP contribution in [0.1, 0.15) is 65.2 Å². The summed E-state index contributed by atoms with van der Waals surface area (Å²) in [5.74, 6) is -1.18. The van der Waals surface area contributed by atoms with Gasteiger partial charge in [0.15, 0.2) is 12.6 Å². The number of rotatable bonds is 4. The first-order chi connectivity index (χ1) is 19.2. The van der Waals surface area contributed by atoms with Gasteiger partial charge in [0.1, 0.15) is 18.3 Å². The summed E-state index contributed by atoms with van der Waals surface area (Å²) in [5, 5.41) is 99.7. The molecule has 2 aliphatic heterocycles. The maximum Gasteiger partial charge on any atom is 0.186 e. The number of fused-ring (bicyclic) bond motifs is 5. The Hall–Kier alpha value is -0.480. The minimum Gasteiger partial charge on any atom is -0.396 e. The summed E-state index contributed by atoms with van der Waals surface area (Å²) in [7, 11) is 0. The molecule has 17 atom stereocenters. The topological polar surface area (TPSA) is 210 Å². The van der Waals surface area contributed by atoms with Crippen molar-refractivity contribution in [2.75, 3.05) is 13.2 Å². The Kier molecular flexibility index (Phi) is 7.66. The van der Waals surface area contributed by atoms with E-state index in [1.54, 1.807) is 0 Å². The summed E-state index contributed by atoms with van der Waals surface area (Å²) in [6.45, 7) is 3.34. The number of aliphatic hydroxyl groups excluding tert-OH is 7. The van der Waals surface area contributed by atoms with E-state index in [1.807, 2.05) is 6.92 Å². The summed E-state index contributed by atoms with van der Waals surface area (Å²) >= 11 is 0. The molecular formula is C29H48O12. The van der Waals surface area contributed by atoms with Crippen molar-refractivity contribution in [1.29, 1.82) is 0 Å². The molecule has 6 aliphatic rings. The van der Waals surface area contributed by atoms with E-state index < -0.39 is 95.8 Å². The van der Waals surface area contributed by atoms with E-state index in [4.69, 9.17) is 14.2 Å². The normalized spacial score (nSPS) is 60.8. The van der Waals surface area contributed by atoms with Crippen LogP contribution in [0.5, 0.6) is 0 Å². The quantitative estimate of drug-likeness (QED) is 0.169. The summed E-state index contributed by atoms with van der Waals surface area (Å²) in [4.78, 5) is 0. The van der Waals surface area contributed by atoms with Crippen LogP contribution in [-0.4, -0.2) is 126 Å². The minimum atomic E-state index is -1.65. The van der Waals surface area contributed by atoms with Crippen molar-refractivity contribution in [2.45, 2.75) is 132 Å². The molecule has 41 heavy (non-hydrogen) atoms. The molecule has 0 unspecified atom stereocenters. The predicted molar refractivity (Wildman–Crippen MR) is 140 cm³/mol. The van der Waals surface area contributed by atoms with E-state index in [2.05, 4.69) is 0 Å². The molecular weight excluding hydrogens is 540 g/mol. The van der Waals surface area contributed by atoms with Gasteiger partial charge in [-0.1, -0.05) is 6.92 Å². The Morgan fingerprint density at radius 2 is 1.59 bits per heavy atom. The van der Waals surface area contributed by atoms with Crippen molar-refractivity contribution >= 4 is 0 Å². The van der Waals surface area contributed by atoms with Gasteiger partial charge in [0.25, 0.3) is 0 Å². The van der Waals surface area contributed by atoms with Crippen LogP contribution in [0.3, 0.4) is 0 Å². The van der Waals surface area contributed by atoms with E-state index in [1.165, 1.54) is 6.92 Å². The summed E-state index contributed by atoms with van der Waals surface area (Å²) < 4.78 is 17.0. The van der Waals surface area contributed by atoms with Crippen molar-refractivity contribution in [3.63, 3.8) is 0 Å². The Morgan fingerprint density at radius 3 is 2.24 bits per heavy atom. The van der Waals surface area contributed by atoms with Crippen molar-refractivity contribution in [3.05, 3.63) is 0 Å². The molecule has 0 aromatic rings. The van der Waals surface area contributed by atoms with Crippen LogP contribution >= 0.6 is 0 Å². The molecule has 236 valence electrons. The van der Waals surface area contributed by atoms with Gasteiger partial charge in [0.05, 0.1) is 54.2 Å². The first-order valence-corrected chi connectivity index (χ1v) is 15.3. The van der Waals surface area contributed by atoms with E-state index in [-0.39, 0.29) is 37.5 Å². The highest BCUT2D eigenvalue weighted by molar-refractivity contribution is 5.24. The largest absolute Gasteiger partial charge is 0.396 e. The SMILES string of the molecule is C[C@H]1O[C@H](O[C@@H]2C[C@H](O)[C@]3(CO)[C@@H]4[C@@H](CC[C@]3(O)C2)[C@]2(O)CC[C@H]([C@H]3CO[C@H](O)C3)[C@@]2(C)C[C@@H]4O)[C@@H](O)[C@H](O)[C@H]1O. The van der Waals surface area contributed by atoms with E-state index in [0.717, 1.165) is 0 Å².